The molecular weight excluding hydrogens is 269 g/mol. The molecule has 0 aliphatic heterocycles. The maximum Gasteiger partial charge on any atom is 0.263 e. The highest BCUT2D eigenvalue weighted by atomic mass is 19.1. The van der Waals surface area contributed by atoms with Crippen LogP contribution in [0.25, 0.3) is 0 Å². The van der Waals surface area contributed by atoms with Gasteiger partial charge in [-0.15, -0.1) is 0 Å². The number of ether oxygens (including phenoxy) is 1. The van der Waals surface area contributed by atoms with Gasteiger partial charge in [0.2, 0.25) is 0 Å². The molecule has 0 saturated carbocycles. The van der Waals surface area contributed by atoms with E-state index in [4.69, 9.17) is 4.74 Å². The van der Waals surface area contributed by atoms with Crippen molar-refractivity contribution in [2.45, 2.75) is 19.6 Å². The molecule has 3 nitrogen and oxygen atoms in total. The number of amides is 1. The summed E-state index contributed by atoms with van der Waals surface area (Å²) < 4.78 is 18.4. The molecular formula is C17H18FNO2. The quantitative estimate of drug-likeness (QED) is 0.845. The fraction of sp³-hybridized carbons (Fsp3) is 0.235. The zero-order valence-corrected chi connectivity index (χ0v) is 12.1. The van der Waals surface area contributed by atoms with Crippen LogP contribution in [0.2, 0.25) is 0 Å². The number of carbonyl (C=O) groups excluding carboxylic acids is 1. The van der Waals surface area contributed by atoms with E-state index in [1.165, 1.54) is 24.3 Å². The maximum absolute atomic E-state index is 12.8. The van der Waals surface area contributed by atoms with Crippen LogP contribution in [0.4, 0.5) is 4.39 Å². The maximum atomic E-state index is 12.8. The highest BCUT2D eigenvalue weighted by Gasteiger charge is 2.19. The van der Waals surface area contributed by atoms with Crippen LogP contribution in [0, 0.1) is 5.82 Å². The third-order valence-corrected chi connectivity index (χ3v) is 3.11. The van der Waals surface area contributed by atoms with Crippen LogP contribution in [-0.4, -0.2) is 24.0 Å². The number of halogens is 1. The van der Waals surface area contributed by atoms with Gasteiger partial charge in [0.15, 0.2) is 6.10 Å². The van der Waals surface area contributed by atoms with Crippen molar-refractivity contribution in [2.75, 3.05) is 7.05 Å². The minimum Gasteiger partial charge on any atom is -0.481 e. The standard InChI is InChI=1S/C17H18FNO2/c1-13(21-16-10-8-15(18)9-11-16)17(20)19(2)12-14-6-4-3-5-7-14/h3-11,13H,12H2,1-2H3/t13-/m1/s1. The molecule has 0 fully saturated rings. The molecule has 110 valence electrons. The van der Waals surface area contributed by atoms with E-state index in [0.29, 0.717) is 12.3 Å². The van der Waals surface area contributed by atoms with E-state index in [1.54, 1.807) is 18.9 Å². The van der Waals surface area contributed by atoms with Gasteiger partial charge in [-0.3, -0.25) is 4.79 Å². The van der Waals surface area contributed by atoms with Crippen LogP contribution in [0.15, 0.2) is 54.6 Å². The van der Waals surface area contributed by atoms with E-state index in [0.717, 1.165) is 5.56 Å². The van der Waals surface area contributed by atoms with E-state index >= 15 is 0 Å². The Morgan fingerprint density at radius 3 is 2.38 bits per heavy atom. The lowest BCUT2D eigenvalue weighted by Crippen LogP contribution is -2.37. The van der Waals surface area contributed by atoms with Gasteiger partial charge in [-0.1, -0.05) is 30.3 Å². The van der Waals surface area contributed by atoms with Gasteiger partial charge in [0, 0.05) is 13.6 Å². The van der Waals surface area contributed by atoms with Crippen molar-refractivity contribution in [1.82, 2.24) is 4.90 Å². The molecule has 2 aromatic rings. The lowest BCUT2D eigenvalue weighted by Gasteiger charge is -2.22. The molecule has 21 heavy (non-hydrogen) atoms. The minimum atomic E-state index is -0.621. The molecule has 1 atom stereocenters. The second kappa shape index (κ2) is 6.88. The summed E-state index contributed by atoms with van der Waals surface area (Å²) >= 11 is 0. The molecule has 0 radical (unpaired) electrons. The minimum absolute atomic E-state index is 0.122. The Bertz CT molecular complexity index is 583. The first-order valence-corrected chi connectivity index (χ1v) is 6.77. The Morgan fingerprint density at radius 2 is 1.76 bits per heavy atom. The van der Waals surface area contributed by atoms with Crippen molar-refractivity contribution in [3.63, 3.8) is 0 Å². The van der Waals surface area contributed by atoms with Gasteiger partial charge in [0.05, 0.1) is 0 Å². The fourth-order valence-electron chi connectivity index (χ4n) is 2.01. The SMILES string of the molecule is C[C@@H](Oc1ccc(F)cc1)C(=O)N(C)Cc1ccccc1. The third-order valence-electron chi connectivity index (χ3n) is 3.11. The summed E-state index contributed by atoms with van der Waals surface area (Å²) in [6.07, 6.45) is -0.621. The molecule has 0 saturated heterocycles. The van der Waals surface area contributed by atoms with Gasteiger partial charge in [-0.25, -0.2) is 4.39 Å². The molecule has 0 aliphatic rings. The summed E-state index contributed by atoms with van der Waals surface area (Å²) in [7, 11) is 1.74. The van der Waals surface area contributed by atoms with E-state index in [9.17, 15) is 9.18 Å². The Morgan fingerprint density at radius 1 is 1.14 bits per heavy atom. The number of carbonyl (C=O) groups is 1. The number of rotatable bonds is 5. The number of likely N-dealkylation sites (N-methyl/N-ethyl adjacent to an activating group) is 1. The zero-order chi connectivity index (χ0) is 15.2. The summed E-state index contributed by atoms with van der Waals surface area (Å²) in [5.74, 6) is 0.0241. The van der Waals surface area contributed by atoms with Crippen LogP contribution >= 0.6 is 0 Å². The number of hydrogen-bond donors (Lipinski definition) is 0. The molecule has 0 aliphatic carbocycles. The Balaban J connectivity index is 1.93. The molecule has 2 rings (SSSR count). The Hall–Kier alpha value is -2.36. The average molecular weight is 287 g/mol. The zero-order valence-electron chi connectivity index (χ0n) is 12.1. The van der Waals surface area contributed by atoms with Gasteiger partial charge in [0.25, 0.3) is 5.91 Å². The second-order valence-electron chi connectivity index (χ2n) is 4.89. The average Bonchev–Trinajstić information content (AvgIpc) is 2.49. The summed E-state index contributed by atoms with van der Waals surface area (Å²) in [6.45, 7) is 2.21. The summed E-state index contributed by atoms with van der Waals surface area (Å²) in [5.41, 5.74) is 1.06. The molecule has 0 N–H and O–H groups in total. The normalized spacial score (nSPS) is 11.8. The Kier molecular flexibility index (Phi) is 4.93. The Labute approximate surface area is 124 Å². The summed E-state index contributed by atoms with van der Waals surface area (Å²) in [6, 6.07) is 15.4. The van der Waals surface area contributed by atoms with Crippen molar-refractivity contribution in [3.05, 3.63) is 66.0 Å². The van der Waals surface area contributed by atoms with Gasteiger partial charge in [0.1, 0.15) is 11.6 Å². The number of hydrogen-bond acceptors (Lipinski definition) is 2. The number of nitrogens with zero attached hydrogens (tertiary/aromatic N) is 1. The first-order chi connectivity index (χ1) is 10.1. The number of benzene rings is 2. The highest BCUT2D eigenvalue weighted by Crippen LogP contribution is 2.14. The van der Waals surface area contributed by atoms with Crippen molar-refractivity contribution >= 4 is 5.91 Å². The largest absolute Gasteiger partial charge is 0.481 e. The van der Waals surface area contributed by atoms with Crippen LogP contribution in [0.3, 0.4) is 0 Å². The van der Waals surface area contributed by atoms with Gasteiger partial charge in [-0.05, 0) is 36.8 Å². The van der Waals surface area contributed by atoms with Gasteiger partial charge < -0.3 is 9.64 Å². The molecule has 0 spiro atoms. The van der Waals surface area contributed by atoms with Crippen LogP contribution < -0.4 is 4.74 Å². The van der Waals surface area contributed by atoms with Crippen LogP contribution in [0.5, 0.6) is 5.75 Å². The predicted molar refractivity (Wildman–Crippen MR) is 79.4 cm³/mol. The first-order valence-electron chi connectivity index (χ1n) is 6.77. The van der Waals surface area contributed by atoms with Gasteiger partial charge >= 0.3 is 0 Å². The molecule has 0 aromatic heterocycles. The van der Waals surface area contributed by atoms with Crippen molar-refractivity contribution in [1.29, 1.82) is 0 Å². The molecule has 0 bridgehead atoms. The topological polar surface area (TPSA) is 29.5 Å². The fourth-order valence-corrected chi connectivity index (χ4v) is 2.01. The predicted octanol–water partition coefficient (Wildman–Crippen LogP) is 3.25. The van der Waals surface area contributed by atoms with Crippen molar-refractivity contribution < 1.29 is 13.9 Å². The van der Waals surface area contributed by atoms with Crippen molar-refractivity contribution in [2.24, 2.45) is 0 Å². The molecule has 4 heteroatoms. The van der Waals surface area contributed by atoms with E-state index in [-0.39, 0.29) is 11.7 Å². The van der Waals surface area contributed by atoms with E-state index in [1.807, 2.05) is 30.3 Å². The monoisotopic (exact) mass is 287 g/mol. The van der Waals surface area contributed by atoms with Crippen LogP contribution in [0.1, 0.15) is 12.5 Å². The van der Waals surface area contributed by atoms with Gasteiger partial charge in [-0.2, -0.15) is 0 Å². The molecule has 0 heterocycles. The van der Waals surface area contributed by atoms with E-state index < -0.39 is 6.10 Å². The molecule has 2 aromatic carbocycles. The lowest BCUT2D eigenvalue weighted by molar-refractivity contribution is -0.137. The lowest BCUT2D eigenvalue weighted by atomic mass is 10.2. The second-order valence-corrected chi connectivity index (χ2v) is 4.89. The third kappa shape index (κ3) is 4.31. The first kappa shape index (κ1) is 15.0. The summed E-state index contributed by atoms with van der Waals surface area (Å²) in [5, 5.41) is 0. The van der Waals surface area contributed by atoms with Crippen LogP contribution in [-0.2, 0) is 11.3 Å². The summed E-state index contributed by atoms with van der Waals surface area (Å²) in [4.78, 5) is 13.9. The van der Waals surface area contributed by atoms with Crippen molar-refractivity contribution in [3.8, 4) is 5.75 Å². The van der Waals surface area contributed by atoms with E-state index in [2.05, 4.69) is 0 Å². The molecule has 1 amide bonds. The smallest absolute Gasteiger partial charge is 0.263 e. The highest BCUT2D eigenvalue weighted by molar-refractivity contribution is 5.80. The molecule has 0 unspecified atom stereocenters.